The first kappa shape index (κ1) is 34.6. The summed E-state index contributed by atoms with van der Waals surface area (Å²) in [4.78, 5) is 27.6. The van der Waals surface area contributed by atoms with Gasteiger partial charge < -0.3 is 34.2 Å². The molecule has 0 bridgehead atoms. The zero-order valence-corrected chi connectivity index (χ0v) is 30.1. The van der Waals surface area contributed by atoms with Crippen molar-refractivity contribution in [2.75, 3.05) is 49.2 Å². The maximum absolute atomic E-state index is 12.5. The number of ether oxygens (including phenoxy) is 3. The molecule has 2 aromatic heterocycles. The lowest BCUT2D eigenvalue weighted by atomic mass is 10.2. The van der Waals surface area contributed by atoms with Crippen molar-refractivity contribution in [3.63, 3.8) is 0 Å². The molecule has 1 N–H and O–H groups in total. The van der Waals surface area contributed by atoms with Gasteiger partial charge >= 0.3 is 6.09 Å². The third-order valence-electron chi connectivity index (χ3n) is 9.86. The van der Waals surface area contributed by atoms with E-state index in [9.17, 15) is 4.79 Å². The molecule has 10 nitrogen and oxygen atoms in total. The number of nitrogens with zero attached hydrogens (tertiary/aromatic N) is 5. The van der Waals surface area contributed by atoms with E-state index in [1.165, 1.54) is 35.3 Å². The van der Waals surface area contributed by atoms with Crippen molar-refractivity contribution >= 4 is 28.8 Å². The molecule has 0 aliphatic carbocycles. The van der Waals surface area contributed by atoms with Gasteiger partial charge in [0.25, 0.3) is 0 Å². The van der Waals surface area contributed by atoms with Crippen LogP contribution in [-0.2, 0) is 17.6 Å². The second kappa shape index (κ2) is 15.6. The number of carbonyl (C=O) groups is 1. The molecule has 51 heavy (non-hydrogen) atoms. The van der Waals surface area contributed by atoms with Crippen LogP contribution in [0.1, 0.15) is 57.6 Å². The maximum atomic E-state index is 12.5. The molecule has 1 amide bonds. The van der Waals surface area contributed by atoms with Gasteiger partial charge in [-0.1, -0.05) is 36.4 Å². The monoisotopic (exact) mass is 690 g/mol. The Bertz CT molecular complexity index is 1790. The summed E-state index contributed by atoms with van der Waals surface area (Å²) in [5.41, 5.74) is 6.94. The highest BCUT2D eigenvalue weighted by Crippen LogP contribution is 2.36. The quantitative estimate of drug-likeness (QED) is 0.202. The highest BCUT2D eigenvalue weighted by atomic mass is 16.6. The molecular formula is C41H50N6O4. The SMILES string of the molecule is CC(C)(C)OC(=O)N1CCC[C@H]1COc1cncc(N2CCc3ccccc32)c1.c1ccc2c(c1)CCN2c1cncc(OC[C@@H]2CCCN2)c1. The lowest BCUT2D eigenvalue weighted by Crippen LogP contribution is -2.42. The van der Waals surface area contributed by atoms with Crippen molar-refractivity contribution in [3.05, 3.63) is 96.6 Å². The molecule has 0 spiro atoms. The Hall–Kier alpha value is -4.83. The number of rotatable bonds is 8. The Morgan fingerprint density at radius 3 is 1.92 bits per heavy atom. The van der Waals surface area contributed by atoms with E-state index < -0.39 is 5.60 Å². The number of nitrogens with one attached hydrogen (secondary N) is 1. The smallest absolute Gasteiger partial charge is 0.410 e. The summed E-state index contributed by atoms with van der Waals surface area (Å²) in [6, 6.07) is 21.7. The maximum Gasteiger partial charge on any atom is 0.410 e. The Balaban J connectivity index is 0.000000165. The minimum absolute atomic E-state index is 0.0287. The number of fused-ring (bicyclic) bond motifs is 2. The molecule has 4 aliphatic heterocycles. The van der Waals surface area contributed by atoms with E-state index >= 15 is 0 Å². The average molecular weight is 691 g/mol. The standard InChI is InChI=1S/C23H29N3O3.C18H21N3O/c1-23(2,3)29-22(27)26-11-6-8-18(26)16-28-20-13-19(14-24-15-20)25-12-10-17-7-4-5-9-21(17)25;1-2-6-18-14(4-1)7-9-21(18)16-10-17(12-19-11-16)22-13-15-5-3-8-20-15/h4-5,7,9,13-15,18H,6,8,10-12,16H2,1-3H3;1-2,4,6,10-12,15,20H,3,5,7-9,13H2/t18-;15-/m00/s1. The Morgan fingerprint density at radius 1 is 0.765 bits per heavy atom. The number of hydrogen-bond donors (Lipinski definition) is 1. The zero-order valence-electron chi connectivity index (χ0n) is 30.1. The highest BCUT2D eigenvalue weighted by molar-refractivity contribution is 5.71. The molecule has 6 heterocycles. The number of hydrogen-bond acceptors (Lipinski definition) is 9. The lowest BCUT2D eigenvalue weighted by Gasteiger charge is -2.28. The summed E-state index contributed by atoms with van der Waals surface area (Å²) < 4.78 is 17.5. The fourth-order valence-corrected chi connectivity index (χ4v) is 7.34. The van der Waals surface area contributed by atoms with Crippen LogP contribution >= 0.6 is 0 Å². The molecule has 0 saturated carbocycles. The van der Waals surface area contributed by atoms with Crippen LogP contribution in [0.5, 0.6) is 11.5 Å². The van der Waals surface area contributed by atoms with Crippen LogP contribution in [0.15, 0.2) is 85.5 Å². The Morgan fingerprint density at radius 2 is 1.35 bits per heavy atom. The van der Waals surface area contributed by atoms with Gasteiger partial charge in [0.1, 0.15) is 30.3 Å². The lowest BCUT2D eigenvalue weighted by molar-refractivity contribution is 0.0187. The zero-order chi connectivity index (χ0) is 35.2. The van der Waals surface area contributed by atoms with Crippen LogP contribution in [-0.4, -0.2) is 78.0 Å². The molecule has 8 rings (SSSR count). The molecule has 2 atom stereocenters. The third kappa shape index (κ3) is 8.56. The molecule has 0 radical (unpaired) electrons. The van der Waals surface area contributed by atoms with Crippen LogP contribution in [0, 0.1) is 0 Å². The molecule has 4 aliphatic rings. The van der Waals surface area contributed by atoms with Crippen LogP contribution in [0.3, 0.4) is 0 Å². The highest BCUT2D eigenvalue weighted by Gasteiger charge is 2.33. The van der Waals surface area contributed by atoms with Crippen LogP contribution < -0.4 is 24.6 Å². The number of anilines is 4. The summed E-state index contributed by atoms with van der Waals surface area (Å²) in [7, 11) is 0. The number of carbonyl (C=O) groups excluding carboxylic acids is 1. The summed E-state index contributed by atoms with van der Waals surface area (Å²) in [6.45, 7) is 10.6. The second-order valence-electron chi connectivity index (χ2n) is 14.7. The fraction of sp³-hybridized carbons (Fsp3) is 0.439. The van der Waals surface area contributed by atoms with Gasteiger partial charge in [0, 0.05) is 49.2 Å². The molecule has 0 unspecified atom stereocenters. The summed E-state index contributed by atoms with van der Waals surface area (Å²) >= 11 is 0. The molecule has 4 aromatic rings. The molecule has 268 valence electrons. The molecule has 2 aromatic carbocycles. The van der Waals surface area contributed by atoms with Crippen LogP contribution in [0.2, 0.25) is 0 Å². The minimum atomic E-state index is -0.491. The van der Waals surface area contributed by atoms with Crippen molar-refractivity contribution in [3.8, 4) is 11.5 Å². The van der Waals surface area contributed by atoms with E-state index in [0.717, 1.165) is 74.8 Å². The van der Waals surface area contributed by atoms with Gasteiger partial charge in [0.2, 0.25) is 0 Å². The number of aromatic nitrogens is 2. The fourth-order valence-electron chi connectivity index (χ4n) is 7.34. The number of benzene rings is 2. The first-order valence-electron chi connectivity index (χ1n) is 18.4. The van der Waals surface area contributed by atoms with E-state index in [0.29, 0.717) is 19.2 Å². The second-order valence-corrected chi connectivity index (χ2v) is 14.7. The largest absolute Gasteiger partial charge is 0.490 e. The third-order valence-corrected chi connectivity index (χ3v) is 9.86. The van der Waals surface area contributed by atoms with Crippen molar-refractivity contribution < 1.29 is 19.0 Å². The van der Waals surface area contributed by atoms with Crippen LogP contribution in [0.25, 0.3) is 0 Å². The van der Waals surface area contributed by atoms with E-state index in [4.69, 9.17) is 14.2 Å². The van der Waals surface area contributed by atoms with Gasteiger partial charge in [-0.05, 0) is 89.1 Å². The van der Waals surface area contributed by atoms with E-state index in [2.05, 4.69) is 79.7 Å². The Kier molecular flexibility index (Phi) is 10.6. The number of para-hydroxylation sites is 2. The molecule has 10 heteroatoms. The van der Waals surface area contributed by atoms with Crippen molar-refractivity contribution in [2.45, 2.75) is 77.0 Å². The normalized spacial score (nSPS) is 19.3. The van der Waals surface area contributed by atoms with Gasteiger partial charge in [-0.15, -0.1) is 0 Å². The van der Waals surface area contributed by atoms with Crippen molar-refractivity contribution in [2.24, 2.45) is 0 Å². The minimum Gasteiger partial charge on any atom is -0.490 e. The van der Waals surface area contributed by atoms with Crippen molar-refractivity contribution in [1.82, 2.24) is 20.2 Å². The van der Waals surface area contributed by atoms with Gasteiger partial charge in [-0.3, -0.25) is 9.97 Å². The molecule has 2 saturated heterocycles. The number of amides is 1. The first-order chi connectivity index (χ1) is 24.8. The number of pyridine rings is 2. The van der Waals surface area contributed by atoms with Gasteiger partial charge in [0.05, 0.1) is 42.2 Å². The van der Waals surface area contributed by atoms with Crippen molar-refractivity contribution in [1.29, 1.82) is 0 Å². The number of likely N-dealkylation sites (tertiary alicyclic amines) is 1. The summed E-state index contributed by atoms with van der Waals surface area (Å²) in [6.07, 6.45) is 13.5. The van der Waals surface area contributed by atoms with E-state index in [-0.39, 0.29) is 12.1 Å². The summed E-state index contributed by atoms with van der Waals surface area (Å²) in [5.74, 6) is 1.58. The topological polar surface area (TPSA) is 92.3 Å². The van der Waals surface area contributed by atoms with E-state index in [1.54, 1.807) is 17.3 Å². The summed E-state index contributed by atoms with van der Waals surface area (Å²) in [5, 5.41) is 3.45. The van der Waals surface area contributed by atoms with Gasteiger partial charge in [-0.2, -0.15) is 0 Å². The molecular weight excluding hydrogens is 640 g/mol. The predicted octanol–water partition coefficient (Wildman–Crippen LogP) is 7.46. The first-order valence-corrected chi connectivity index (χ1v) is 18.4. The Labute approximate surface area is 301 Å². The van der Waals surface area contributed by atoms with Gasteiger partial charge in [0.15, 0.2) is 0 Å². The molecule has 2 fully saturated rings. The van der Waals surface area contributed by atoms with Crippen LogP contribution in [0.4, 0.5) is 27.5 Å². The predicted molar refractivity (Wildman–Crippen MR) is 201 cm³/mol. The van der Waals surface area contributed by atoms with E-state index in [1.807, 2.05) is 39.2 Å². The van der Waals surface area contributed by atoms with Gasteiger partial charge in [-0.25, -0.2) is 4.79 Å². The average Bonchev–Trinajstić information content (AvgIpc) is 3.96.